The van der Waals surface area contributed by atoms with E-state index >= 15 is 0 Å². The SMILES string of the molecule is CCN(CC)C(CNC(=O)C1CCN(C(=O)C2CC2)CC1)Cc1ccccc1. The third kappa shape index (κ3) is 5.57. The van der Waals surface area contributed by atoms with Gasteiger partial charge in [-0.15, -0.1) is 0 Å². The molecule has 0 bridgehead atoms. The minimum absolute atomic E-state index is 0.0392. The molecule has 0 radical (unpaired) electrons. The lowest BCUT2D eigenvalue weighted by atomic mass is 9.95. The number of hydrogen-bond acceptors (Lipinski definition) is 3. The van der Waals surface area contributed by atoms with Crippen LogP contribution in [0.4, 0.5) is 0 Å². The monoisotopic (exact) mass is 385 g/mol. The van der Waals surface area contributed by atoms with E-state index in [9.17, 15) is 9.59 Å². The minimum Gasteiger partial charge on any atom is -0.354 e. The van der Waals surface area contributed by atoms with Crippen molar-refractivity contribution in [2.45, 2.75) is 52.0 Å². The van der Waals surface area contributed by atoms with Gasteiger partial charge in [-0.2, -0.15) is 0 Å². The minimum atomic E-state index is 0.0392. The van der Waals surface area contributed by atoms with Crippen LogP contribution in [0.5, 0.6) is 0 Å². The lowest BCUT2D eigenvalue weighted by molar-refractivity contribution is -0.136. The topological polar surface area (TPSA) is 52.7 Å². The number of nitrogens with zero attached hydrogens (tertiary/aromatic N) is 2. The van der Waals surface area contributed by atoms with Crippen LogP contribution in [0.15, 0.2) is 30.3 Å². The van der Waals surface area contributed by atoms with E-state index in [1.807, 2.05) is 11.0 Å². The molecule has 1 heterocycles. The molecule has 1 N–H and O–H groups in total. The van der Waals surface area contributed by atoms with Gasteiger partial charge in [0.2, 0.25) is 11.8 Å². The number of likely N-dealkylation sites (tertiary alicyclic amines) is 1. The van der Waals surface area contributed by atoms with Gasteiger partial charge < -0.3 is 10.2 Å². The normalized spacial score (nSPS) is 18.9. The summed E-state index contributed by atoms with van der Waals surface area (Å²) in [6.45, 7) is 8.45. The molecule has 2 aliphatic rings. The molecule has 1 aromatic carbocycles. The molecule has 2 amide bonds. The highest BCUT2D eigenvalue weighted by Crippen LogP contribution is 2.32. The molecular formula is C23H35N3O2. The largest absolute Gasteiger partial charge is 0.354 e. The average Bonchev–Trinajstić information content (AvgIpc) is 3.58. The number of amides is 2. The summed E-state index contributed by atoms with van der Waals surface area (Å²) in [6.07, 6.45) is 4.62. The third-order valence-electron chi connectivity index (χ3n) is 6.26. The van der Waals surface area contributed by atoms with Crippen LogP contribution in [0.3, 0.4) is 0 Å². The smallest absolute Gasteiger partial charge is 0.225 e. The van der Waals surface area contributed by atoms with E-state index in [4.69, 9.17) is 0 Å². The molecule has 154 valence electrons. The van der Waals surface area contributed by atoms with Gasteiger partial charge in [-0.1, -0.05) is 44.2 Å². The van der Waals surface area contributed by atoms with Gasteiger partial charge in [0, 0.05) is 37.5 Å². The molecule has 1 saturated carbocycles. The first kappa shape index (κ1) is 20.8. The number of rotatable bonds is 9. The summed E-state index contributed by atoms with van der Waals surface area (Å²) in [5.41, 5.74) is 1.31. The van der Waals surface area contributed by atoms with Crippen LogP contribution in [0.1, 0.15) is 45.1 Å². The van der Waals surface area contributed by atoms with E-state index in [-0.39, 0.29) is 17.7 Å². The fourth-order valence-corrected chi connectivity index (χ4v) is 4.27. The first-order valence-electron chi connectivity index (χ1n) is 11.0. The van der Waals surface area contributed by atoms with Crippen LogP contribution in [0.2, 0.25) is 0 Å². The highest BCUT2D eigenvalue weighted by atomic mass is 16.2. The zero-order chi connectivity index (χ0) is 19.9. The number of carbonyl (C=O) groups excluding carboxylic acids is 2. The Hall–Kier alpha value is -1.88. The standard InChI is InChI=1S/C23H35N3O2/c1-3-25(4-2)21(16-18-8-6-5-7-9-18)17-24-22(27)19-12-14-26(15-13-19)23(28)20-10-11-20/h5-9,19-21H,3-4,10-17H2,1-2H3,(H,24,27). The van der Waals surface area contributed by atoms with Crippen LogP contribution in [0, 0.1) is 11.8 Å². The molecule has 1 aliphatic heterocycles. The van der Waals surface area contributed by atoms with Gasteiger partial charge >= 0.3 is 0 Å². The van der Waals surface area contributed by atoms with Crippen LogP contribution in [-0.4, -0.2) is 60.4 Å². The Morgan fingerprint density at radius 2 is 1.68 bits per heavy atom. The fraction of sp³-hybridized carbons (Fsp3) is 0.652. The molecule has 28 heavy (non-hydrogen) atoms. The van der Waals surface area contributed by atoms with Crippen molar-refractivity contribution in [2.75, 3.05) is 32.7 Å². The Bertz CT molecular complexity index is 633. The maximum atomic E-state index is 12.7. The predicted octanol–water partition coefficient (Wildman–Crippen LogP) is 2.70. The van der Waals surface area contributed by atoms with Crippen molar-refractivity contribution in [3.05, 3.63) is 35.9 Å². The van der Waals surface area contributed by atoms with Gasteiger partial charge in [0.05, 0.1) is 0 Å². The summed E-state index contributed by atoms with van der Waals surface area (Å²) in [5.74, 6) is 0.780. The van der Waals surface area contributed by atoms with Crippen molar-refractivity contribution >= 4 is 11.8 Å². The second-order valence-electron chi connectivity index (χ2n) is 8.18. The molecule has 1 aromatic rings. The van der Waals surface area contributed by atoms with Gasteiger partial charge in [0.1, 0.15) is 0 Å². The third-order valence-corrected chi connectivity index (χ3v) is 6.26. The Morgan fingerprint density at radius 3 is 2.25 bits per heavy atom. The molecule has 0 aromatic heterocycles. The van der Waals surface area contributed by atoms with E-state index in [0.717, 1.165) is 58.3 Å². The van der Waals surface area contributed by atoms with E-state index in [1.165, 1.54) is 5.56 Å². The predicted molar refractivity (Wildman–Crippen MR) is 112 cm³/mol. The quantitative estimate of drug-likeness (QED) is 0.711. The van der Waals surface area contributed by atoms with Gasteiger partial charge in [0.15, 0.2) is 0 Å². The lowest BCUT2D eigenvalue weighted by Crippen LogP contribution is -2.48. The Labute approximate surface area is 169 Å². The molecule has 3 rings (SSSR count). The van der Waals surface area contributed by atoms with Crippen LogP contribution < -0.4 is 5.32 Å². The van der Waals surface area contributed by atoms with Gasteiger partial charge in [-0.05, 0) is 50.8 Å². The number of carbonyl (C=O) groups is 2. The Morgan fingerprint density at radius 1 is 1.04 bits per heavy atom. The fourth-order valence-electron chi connectivity index (χ4n) is 4.27. The molecule has 5 nitrogen and oxygen atoms in total. The zero-order valence-electron chi connectivity index (χ0n) is 17.4. The summed E-state index contributed by atoms with van der Waals surface area (Å²) in [7, 11) is 0. The maximum absolute atomic E-state index is 12.7. The molecule has 1 atom stereocenters. The van der Waals surface area contributed by atoms with E-state index in [1.54, 1.807) is 0 Å². The van der Waals surface area contributed by atoms with Crippen molar-refractivity contribution in [1.82, 2.24) is 15.1 Å². The second kappa shape index (κ2) is 10.1. The number of likely N-dealkylation sites (N-methyl/N-ethyl adjacent to an activating group) is 1. The molecule has 1 aliphatic carbocycles. The molecule has 1 saturated heterocycles. The highest BCUT2D eigenvalue weighted by molar-refractivity contribution is 5.82. The van der Waals surface area contributed by atoms with E-state index in [0.29, 0.717) is 18.5 Å². The number of nitrogens with one attached hydrogen (secondary N) is 1. The zero-order valence-corrected chi connectivity index (χ0v) is 17.4. The Balaban J connectivity index is 1.49. The number of benzene rings is 1. The summed E-state index contributed by atoms with van der Waals surface area (Å²) < 4.78 is 0. The molecule has 2 fully saturated rings. The maximum Gasteiger partial charge on any atom is 0.225 e. The van der Waals surface area contributed by atoms with Gasteiger partial charge in [-0.25, -0.2) is 0 Å². The molecule has 0 spiro atoms. The van der Waals surface area contributed by atoms with Gasteiger partial charge in [-0.3, -0.25) is 14.5 Å². The molecule has 5 heteroatoms. The first-order valence-corrected chi connectivity index (χ1v) is 11.0. The lowest BCUT2D eigenvalue weighted by Gasteiger charge is -2.33. The summed E-state index contributed by atoms with van der Waals surface area (Å²) in [4.78, 5) is 29.3. The van der Waals surface area contributed by atoms with Gasteiger partial charge in [0.25, 0.3) is 0 Å². The molecule has 1 unspecified atom stereocenters. The van der Waals surface area contributed by atoms with Crippen molar-refractivity contribution < 1.29 is 9.59 Å². The van der Waals surface area contributed by atoms with Crippen molar-refractivity contribution in [3.8, 4) is 0 Å². The van der Waals surface area contributed by atoms with Crippen molar-refractivity contribution in [3.63, 3.8) is 0 Å². The van der Waals surface area contributed by atoms with Crippen molar-refractivity contribution in [1.29, 1.82) is 0 Å². The number of hydrogen-bond donors (Lipinski definition) is 1. The van der Waals surface area contributed by atoms with E-state index < -0.39 is 0 Å². The average molecular weight is 386 g/mol. The van der Waals surface area contributed by atoms with Crippen molar-refractivity contribution in [2.24, 2.45) is 11.8 Å². The van der Waals surface area contributed by atoms with Crippen LogP contribution in [0.25, 0.3) is 0 Å². The number of piperidine rings is 1. The molecular weight excluding hydrogens is 350 g/mol. The summed E-state index contributed by atoms with van der Waals surface area (Å²) in [5, 5.41) is 3.22. The second-order valence-corrected chi connectivity index (χ2v) is 8.18. The van der Waals surface area contributed by atoms with E-state index in [2.05, 4.69) is 48.3 Å². The summed E-state index contributed by atoms with van der Waals surface area (Å²) >= 11 is 0. The van der Waals surface area contributed by atoms with Crippen LogP contribution >= 0.6 is 0 Å². The Kier molecular flexibility index (Phi) is 7.49. The summed E-state index contributed by atoms with van der Waals surface area (Å²) in [6, 6.07) is 10.8. The highest BCUT2D eigenvalue weighted by Gasteiger charge is 2.36. The van der Waals surface area contributed by atoms with Crippen LogP contribution in [-0.2, 0) is 16.0 Å². The first-order chi connectivity index (χ1) is 13.6.